The van der Waals surface area contributed by atoms with Gasteiger partial charge in [0.05, 0.1) is 12.2 Å². The van der Waals surface area contributed by atoms with Gasteiger partial charge in [0.15, 0.2) is 16.7 Å². The van der Waals surface area contributed by atoms with Gasteiger partial charge in [0.25, 0.3) is 0 Å². The molecule has 0 aliphatic carbocycles. The molecule has 1 aromatic heterocycles. The number of aromatic nitrogens is 2. The Hall–Kier alpha value is -2.94. The first kappa shape index (κ1) is 22.3. The molecule has 0 radical (unpaired) electrons. The molecule has 2 heterocycles. The number of imidazole rings is 1. The van der Waals surface area contributed by atoms with Crippen molar-refractivity contribution >= 4 is 11.6 Å². The van der Waals surface area contributed by atoms with Gasteiger partial charge in [-0.25, -0.2) is 4.98 Å². The van der Waals surface area contributed by atoms with Crippen molar-refractivity contribution in [3.63, 3.8) is 0 Å². The van der Waals surface area contributed by atoms with Crippen LogP contribution in [0.25, 0.3) is 11.4 Å². The van der Waals surface area contributed by atoms with Crippen LogP contribution in [0, 0.1) is 12.3 Å². The highest BCUT2D eigenvalue weighted by atomic mass is 35.5. The Labute approximate surface area is 194 Å². The van der Waals surface area contributed by atoms with Crippen LogP contribution >= 0.6 is 11.6 Å². The van der Waals surface area contributed by atoms with Crippen molar-refractivity contribution in [2.24, 2.45) is 0 Å². The van der Waals surface area contributed by atoms with Gasteiger partial charge >= 0.3 is 0 Å². The van der Waals surface area contributed by atoms with Crippen LogP contribution in [-0.2, 0) is 19.6 Å². The number of rotatable bonds is 9. The van der Waals surface area contributed by atoms with Gasteiger partial charge in [-0.05, 0) is 24.1 Å². The zero-order valence-corrected chi connectivity index (χ0v) is 19.1. The summed E-state index contributed by atoms with van der Waals surface area (Å²) in [6.07, 6.45) is 7.85. The zero-order chi connectivity index (χ0) is 22.3. The van der Waals surface area contributed by atoms with Crippen molar-refractivity contribution in [2.45, 2.75) is 39.4 Å². The third kappa shape index (κ3) is 5.09. The third-order valence-corrected chi connectivity index (χ3v) is 5.79. The van der Waals surface area contributed by atoms with Gasteiger partial charge in [0.2, 0.25) is 0 Å². The van der Waals surface area contributed by atoms with E-state index in [1.807, 2.05) is 30.3 Å². The number of benzene rings is 2. The minimum atomic E-state index is 0.504. The van der Waals surface area contributed by atoms with Gasteiger partial charge in [0.1, 0.15) is 19.0 Å². The topological polar surface area (TPSA) is 39.5 Å². The second-order valence-corrected chi connectivity index (χ2v) is 8.23. The van der Waals surface area contributed by atoms with E-state index in [4.69, 9.17) is 32.5 Å². The Bertz CT molecular complexity index is 1090. The molecule has 6 heteroatoms. The lowest BCUT2D eigenvalue weighted by Gasteiger charge is -2.23. The molecular weight excluding hydrogens is 422 g/mol. The van der Waals surface area contributed by atoms with Crippen molar-refractivity contribution in [3.05, 3.63) is 64.9 Å². The largest absolute Gasteiger partial charge is 0.486 e. The van der Waals surface area contributed by atoms with Gasteiger partial charge in [-0.1, -0.05) is 67.3 Å². The number of unbranched alkanes of at least 4 members (excludes halogenated alkanes) is 1. The van der Waals surface area contributed by atoms with Crippen LogP contribution in [0.2, 0.25) is 5.15 Å². The number of nitrogens with zero attached hydrogens (tertiary/aromatic N) is 3. The van der Waals surface area contributed by atoms with Crippen molar-refractivity contribution < 1.29 is 9.47 Å². The molecule has 0 saturated heterocycles. The maximum atomic E-state index is 6.67. The Morgan fingerprint density at radius 3 is 2.62 bits per heavy atom. The minimum absolute atomic E-state index is 0.504. The fourth-order valence-corrected chi connectivity index (χ4v) is 4.17. The van der Waals surface area contributed by atoms with E-state index in [2.05, 4.69) is 40.5 Å². The summed E-state index contributed by atoms with van der Waals surface area (Å²) >= 11 is 6.67. The summed E-state index contributed by atoms with van der Waals surface area (Å²) in [6, 6.07) is 16.2. The molecule has 1 aliphatic rings. The van der Waals surface area contributed by atoms with Gasteiger partial charge in [0, 0.05) is 25.2 Å². The molecule has 5 nitrogen and oxygen atoms in total. The summed E-state index contributed by atoms with van der Waals surface area (Å²) in [4.78, 5) is 6.93. The maximum Gasteiger partial charge on any atom is 0.161 e. The molecule has 0 saturated carbocycles. The molecule has 32 heavy (non-hydrogen) atoms. The van der Waals surface area contributed by atoms with Crippen LogP contribution in [0.3, 0.4) is 0 Å². The lowest BCUT2D eigenvalue weighted by atomic mass is 10.1. The summed E-state index contributed by atoms with van der Waals surface area (Å²) in [5.41, 5.74) is 3.17. The summed E-state index contributed by atoms with van der Waals surface area (Å²) in [5, 5.41) is 0.532. The smallest absolute Gasteiger partial charge is 0.161 e. The van der Waals surface area contributed by atoms with E-state index < -0.39 is 0 Å². The molecule has 0 bridgehead atoms. The first-order valence-electron chi connectivity index (χ1n) is 11.0. The van der Waals surface area contributed by atoms with Crippen molar-refractivity contribution in [3.8, 4) is 35.2 Å². The number of ether oxygens (including phenoxy) is 2. The highest BCUT2D eigenvalue weighted by Gasteiger charge is 2.20. The number of terminal acetylenes is 1. The van der Waals surface area contributed by atoms with E-state index in [9.17, 15) is 0 Å². The highest BCUT2D eigenvalue weighted by molar-refractivity contribution is 6.30. The lowest BCUT2D eigenvalue weighted by molar-refractivity contribution is 0.171. The standard InChI is InChI=1S/C26H28ClN3O2/c1-3-5-14-30-22(25(27)28-26(30)21-9-7-6-8-10-21)19-29(13-4-2)18-20-11-12-23-24(17-20)32-16-15-31-23/h2,6-12,17H,3,5,13-16,18-19H2,1H3. The van der Waals surface area contributed by atoms with Gasteiger partial charge in [-0.3, -0.25) is 4.90 Å². The van der Waals surface area contributed by atoms with Gasteiger partial charge in [-0.2, -0.15) is 0 Å². The summed E-state index contributed by atoms with van der Waals surface area (Å²) in [6.45, 7) is 6.00. The summed E-state index contributed by atoms with van der Waals surface area (Å²) in [5.74, 6) is 5.26. The fraction of sp³-hybridized carbons (Fsp3) is 0.346. The summed E-state index contributed by atoms with van der Waals surface area (Å²) in [7, 11) is 0. The molecule has 0 atom stereocenters. The Balaban J connectivity index is 1.61. The molecule has 166 valence electrons. The second-order valence-electron chi connectivity index (χ2n) is 7.87. The van der Waals surface area contributed by atoms with Gasteiger partial charge in [-0.15, -0.1) is 6.42 Å². The first-order valence-corrected chi connectivity index (χ1v) is 11.4. The molecular formula is C26H28ClN3O2. The number of fused-ring (bicyclic) bond motifs is 1. The molecule has 0 unspecified atom stereocenters. The van der Waals surface area contributed by atoms with Crippen LogP contribution in [0.4, 0.5) is 0 Å². The Kier molecular flexibility index (Phi) is 7.36. The van der Waals surface area contributed by atoms with Crippen molar-refractivity contribution in [1.29, 1.82) is 0 Å². The average Bonchev–Trinajstić information content (AvgIpc) is 3.13. The Morgan fingerprint density at radius 1 is 1.09 bits per heavy atom. The number of hydrogen-bond acceptors (Lipinski definition) is 4. The molecule has 3 aromatic rings. The van der Waals surface area contributed by atoms with E-state index in [0.717, 1.165) is 53.5 Å². The summed E-state index contributed by atoms with van der Waals surface area (Å²) < 4.78 is 13.6. The number of hydrogen-bond donors (Lipinski definition) is 0. The molecule has 1 aliphatic heterocycles. The van der Waals surface area contributed by atoms with E-state index in [1.54, 1.807) is 0 Å². The minimum Gasteiger partial charge on any atom is -0.486 e. The monoisotopic (exact) mass is 449 g/mol. The van der Waals surface area contributed by atoms with E-state index in [-0.39, 0.29) is 0 Å². The SMILES string of the molecule is C#CCN(Cc1ccc2c(c1)OCCO2)Cc1c(Cl)nc(-c2ccccc2)n1CCCC. The molecule has 0 spiro atoms. The molecule has 4 rings (SSSR count). The number of halogens is 1. The molecule has 0 fully saturated rings. The maximum absolute atomic E-state index is 6.67. The molecule has 2 aromatic carbocycles. The van der Waals surface area contributed by atoms with Gasteiger partial charge < -0.3 is 14.0 Å². The quantitative estimate of drug-likeness (QED) is 0.409. The lowest BCUT2D eigenvalue weighted by Crippen LogP contribution is -2.25. The van der Waals surface area contributed by atoms with Crippen LogP contribution in [0.15, 0.2) is 48.5 Å². The average molecular weight is 450 g/mol. The van der Waals surface area contributed by atoms with E-state index in [1.165, 1.54) is 0 Å². The normalized spacial score (nSPS) is 12.7. The highest BCUT2D eigenvalue weighted by Crippen LogP contribution is 2.32. The first-order chi connectivity index (χ1) is 15.7. The zero-order valence-electron chi connectivity index (χ0n) is 18.4. The fourth-order valence-electron chi connectivity index (χ4n) is 3.93. The van der Waals surface area contributed by atoms with Crippen LogP contribution in [0.5, 0.6) is 11.5 Å². The van der Waals surface area contributed by atoms with Crippen LogP contribution in [-0.4, -0.2) is 34.2 Å². The van der Waals surface area contributed by atoms with Crippen molar-refractivity contribution in [2.75, 3.05) is 19.8 Å². The van der Waals surface area contributed by atoms with Crippen LogP contribution in [0.1, 0.15) is 31.0 Å². The van der Waals surface area contributed by atoms with E-state index in [0.29, 0.717) is 38.0 Å². The molecule has 0 N–H and O–H groups in total. The Morgan fingerprint density at radius 2 is 1.88 bits per heavy atom. The third-order valence-electron chi connectivity index (χ3n) is 5.49. The van der Waals surface area contributed by atoms with E-state index >= 15 is 0 Å². The van der Waals surface area contributed by atoms with Crippen molar-refractivity contribution in [1.82, 2.24) is 14.5 Å². The second kappa shape index (κ2) is 10.6. The van der Waals surface area contributed by atoms with Crippen LogP contribution < -0.4 is 9.47 Å². The molecule has 0 amide bonds. The predicted octanol–water partition coefficient (Wildman–Crippen LogP) is 5.41. The predicted molar refractivity (Wildman–Crippen MR) is 128 cm³/mol.